The van der Waals surface area contributed by atoms with E-state index in [1.54, 1.807) is 0 Å². The van der Waals surface area contributed by atoms with Crippen LogP contribution in [0.15, 0.2) is 4.99 Å². The Kier molecular flexibility index (Phi) is 2.30. The summed E-state index contributed by atoms with van der Waals surface area (Å²) in [5, 5.41) is 3.55. The average Bonchev–Trinajstić information content (AvgIpc) is 2.66. The van der Waals surface area contributed by atoms with Crippen molar-refractivity contribution in [2.45, 2.75) is 63.5 Å². The van der Waals surface area contributed by atoms with E-state index in [0.717, 1.165) is 37.9 Å². The SMILES string of the molecule is CC1=NC2CCCC(=O)C2C2(CCCC2)N1. The van der Waals surface area contributed by atoms with Crippen molar-refractivity contribution in [2.75, 3.05) is 0 Å². The molecule has 2 unspecified atom stereocenters. The molecule has 1 spiro atoms. The lowest BCUT2D eigenvalue weighted by atomic mass is 9.69. The van der Waals surface area contributed by atoms with Gasteiger partial charge in [0.25, 0.3) is 0 Å². The fraction of sp³-hybridized carbons (Fsp3) is 0.846. The summed E-state index contributed by atoms with van der Waals surface area (Å²) in [5.41, 5.74) is 0.0774. The molecule has 1 N–H and O–H groups in total. The molecule has 1 aliphatic heterocycles. The highest BCUT2D eigenvalue weighted by molar-refractivity contribution is 5.89. The number of carbonyl (C=O) groups is 1. The Hall–Kier alpha value is -0.860. The molecule has 2 aliphatic carbocycles. The van der Waals surface area contributed by atoms with Crippen LogP contribution in [0.3, 0.4) is 0 Å². The number of hydrogen-bond acceptors (Lipinski definition) is 3. The zero-order chi connectivity index (χ0) is 11.2. The lowest BCUT2D eigenvalue weighted by Gasteiger charge is -2.46. The molecule has 0 aromatic rings. The summed E-state index contributed by atoms with van der Waals surface area (Å²) < 4.78 is 0. The molecule has 1 heterocycles. The predicted octanol–water partition coefficient (Wildman–Crippen LogP) is 2.06. The van der Waals surface area contributed by atoms with Gasteiger partial charge in [0.05, 0.1) is 23.3 Å². The van der Waals surface area contributed by atoms with Gasteiger partial charge in [-0.05, 0) is 32.6 Å². The topological polar surface area (TPSA) is 41.5 Å². The van der Waals surface area contributed by atoms with Crippen LogP contribution in [-0.2, 0) is 4.79 Å². The van der Waals surface area contributed by atoms with Gasteiger partial charge in [0, 0.05) is 6.42 Å². The van der Waals surface area contributed by atoms with Gasteiger partial charge in [-0.1, -0.05) is 12.8 Å². The number of Topliss-reactive ketones (excluding diaryl/α,β-unsaturated/α-hetero) is 1. The third kappa shape index (κ3) is 1.40. The molecule has 0 radical (unpaired) electrons. The fourth-order valence-corrected chi connectivity index (χ4v) is 4.00. The minimum atomic E-state index is 0.0774. The summed E-state index contributed by atoms with van der Waals surface area (Å²) >= 11 is 0. The zero-order valence-electron chi connectivity index (χ0n) is 9.96. The predicted molar refractivity (Wildman–Crippen MR) is 63.6 cm³/mol. The Morgan fingerprint density at radius 2 is 2.06 bits per heavy atom. The van der Waals surface area contributed by atoms with E-state index in [-0.39, 0.29) is 17.5 Å². The molecule has 0 saturated heterocycles. The van der Waals surface area contributed by atoms with Crippen molar-refractivity contribution in [2.24, 2.45) is 10.9 Å². The van der Waals surface area contributed by atoms with Gasteiger partial charge in [-0.3, -0.25) is 9.79 Å². The van der Waals surface area contributed by atoms with Crippen molar-refractivity contribution in [3.63, 3.8) is 0 Å². The van der Waals surface area contributed by atoms with Gasteiger partial charge in [0.2, 0.25) is 0 Å². The Balaban J connectivity index is 1.99. The van der Waals surface area contributed by atoms with Crippen LogP contribution in [0.25, 0.3) is 0 Å². The van der Waals surface area contributed by atoms with Crippen molar-refractivity contribution >= 4 is 11.6 Å². The molecular formula is C13H20N2O. The molecule has 3 heteroatoms. The molecule has 0 aromatic carbocycles. The number of carbonyl (C=O) groups excluding carboxylic acids is 1. The van der Waals surface area contributed by atoms with Crippen LogP contribution < -0.4 is 5.32 Å². The lowest BCUT2D eigenvalue weighted by Crippen LogP contribution is -2.61. The van der Waals surface area contributed by atoms with Gasteiger partial charge in [-0.2, -0.15) is 0 Å². The molecule has 3 rings (SSSR count). The highest BCUT2D eigenvalue weighted by atomic mass is 16.1. The summed E-state index contributed by atoms with van der Waals surface area (Å²) in [5.74, 6) is 1.69. The number of hydrogen-bond donors (Lipinski definition) is 1. The number of aliphatic imine (C=N–C) groups is 1. The molecule has 2 atom stereocenters. The van der Waals surface area contributed by atoms with Gasteiger partial charge in [-0.15, -0.1) is 0 Å². The molecule has 0 bridgehead atoms. The zero-order valence-corrected chi connectivity index (χ0v) is 9.96. The molecule has 0 amide bonds. The van der Waals surface area contributed by atoms with E-state index in [0.29, 0.717) is 5.78 Å². The second-order valence-electron chi connectivity index (χ2n) is 5.61. The monoisotopic (exact) mass is 220 g/mol. The second kappa shape index (κ2) is 3.57. The van der Waals surface area contributed by atoms with Crippen LogP contribution in [0, 0.1) is 5.92 Å². The highest BCUT2D eigenvalue weighted by Gasteiger charge is 2.51. The normalized spacial score (nSPS) is 36.8. The fourth-order valence-electron chi connectivity index (χ4n) is 4.00. The maximum Gasteiger partial charge on any atom is 0.140 e. The van der Waals surface area contributed by atoms with E-state index in [9.17, 15) is 4.79 Å². The van der Waals surface area contributed by atoms with Crippen LogP contribution in [0.1, 0.15) is 51.9 Å². The number of nitrogens with zero attached hydrogens (tertiary/aromatic N) is 1. The molecule has 16 heavy (non-hydrogen) atoms. The maximum atomic E-state index is 12.2. The van der Waals surface area contributed by atoms with Crippen LogP contribution in [-0.4, -0.2) is 23.2 Å². The highest BCUT2D eigenvalue weighted by Crippen LogP contribution is 2.44. The minimum Gasteiger partial charge on any atom is -0.368 e. The third-order valence-corrected chi connectivity index (χ3v) is 4.54. The first-order valence-electron chi connectivity index (χ1n) is 6.57. The van der Waals surface area contributed by atoms with Gasteiger partial charge >= 0.3 is 0 Å². The van der Waals surface area contributed by atoms with E-state index in [2.05, 4.69) is 17.2 Å². The van der Waals surface area contributed by atoms with E-state index in [4.69, 9.17) is 0 Å². The number of amidine groups is 1. The first-order chi connectivity index (χ1) is 7.71. The maximum absolute atomic E-state index is 12.2. The standard InChI is InChI=1S/C13H20N2O/c1-9-14-10-5-4-6-11(16)12(10)13(15-9)7-2-3-8-13/h10,12H,2-8H2,1H3,(H,14,15). The Morgan fingerprint density at radius 1 is 1.31 bits per heavy atom. The molecule has 88 valence electrons. The van der Waals surface area contributed by atoms with Crippen molar-refractivity contribution in [1.29, 1.82) is 0 Å². The first kappa shape index (κ1) is 10.3. The molecule has 2 saturated carbocycles. The Labute approximate surface area is 96.7 Å². The summed E-state index contributed by atoms with van der Waals surface area (Å²) in [6, 6.07) is 0.278. The summed E-state index contributed by atoms with van der Waals surface area (Å²) in [7, 11) is 0. The molecule has 3 aliphatic rings. The first-order valence-corrected chi connectivity index (χ1v) is 6.57. The Morgan fingerprint density at radius 3 is 2.81 bits per heavy atom. The molecular weight excluding hydrogens is 200 g/mol. The largest absolute Gasteiger partial charge is 0.368 e. The van der Waals surface area contributed by atoms with Crippen molar-refractivity contribution in [3.05, 3.63) is 0 Å². The van der Waals surface area contributed by atoms with Crippen LogP contribution in [0.2, 0.25) is 0 Å². The van der Waals surface area contributed by atoms with Crippen molar-refractivity contribution < 1.29 is 4.79 Å². The summed E-state index contributed by atoms with van der Waals surface area (Å²) in [6.45, 7) is 2.05. The number of nitrogens with one attached hydrogen (secondary N) is 1. The van der Waals surface area contributed by atoms with E-state index < -0.39 is 0 Å². The van der Waals surface area contributed by atoms with Gasteiger partial charge in [-0.25, -0.2) is 0 Å². The third-order valence-electron chi connectivity index (χ3n) is 4.54. The van der Waals surface area contributed by atoms with Crippen LogP contribution >= 0.6 is 0 Å². The number of rotatable bonds is 0. The van der Waals surface area contributed by atoms with E-state index in [1.165, 1.54) is 12.8 Å². The quantitative estimate of drug-likeness (QED) is 0.679. The van der Waals surface area contributed by atoms with Gasteiger partial charge in [0.1, 0.15) is 5.78 Å². The van der Waals surface area contributed by atoms with E-state index in [1.807, 2.05) is 0 Å². The summed E-state index contributed by atoms with van der Waals surface area (Å²) in [6.07, 6.45) is 7.76. The number of ketones is 1. The lowest BCUT2D eigenvalue weighted by molar-refractivity contribution is -0.128. The van der Waals surface area contributed by atoms with Crippen LogP contribution in [0.5, 0.6) is 0 Å². The molecule has 3 nitrogen and oxygen atoms in total. The number of fused-ring (bicyclic) bond motifs is 2. The molecule has 2 fully saturated rings. The smallest absolute Gasteiger partial charge is 0.140 e. The minimum absolute atomic E-state index is 0.0774. The second-order valence-corrected chi connectivity index (χ2v) is 5.61. The van der Waals surface area contributed by atoms with Crippen LogP contribution in [0.4, 0.5) is 0 Å². The van der Waals surface area contributed by atoms with Crippen molar-refractivity contribution in [3.8, 4) is 0 Å². The molecule has 0 aromatic heterocycles. The van der Waals surface area contributed by atoms with E-state index >= 15 is 0 Å². The Bertz CT molecular complexity index is 342. The van der Waals surface area contributed by atoms with Gasteiger partial charge < -0.3 is 5.32 Å². The summed E-state index contributed by atoms with van der Waals surface area (Å²) in [4.78, 5) is 16.8. The van der Waals surface area contributed by atoms with Gasteiger partial charge in [0.15, 0.2) is 0 Å². The average molecular weight is 220 g/mol. The van der Waals surface area contributed by atoms with Crippen molar-refractivity contribution in [1.82, 2.24) is 5.32 Å².